The van der Waals surface area contributed by atoms with E-state index < -0.39 is 0 Å². The topological polar surface area (TPSA) is 57.2 Å². The lowest BCUT2D eigenvalue weighted by molar-refractivity contribution is -0.590. The molecule has 0 aliphatic rings. The third kappa shape index (κ3) is 2.07. The zero-order chi connectivity index (χ0) is 16.0. The fourth-order valence-corrected chi connectivity index (χ4v) is 2.84. The van der Waals surface area contributed by atoms with Gasteiger partial charge in [-0.1, -0.05) is 42.5 Å². The maximum atomic E-state index is 12.9. The maximum absolute atomic E-state index is 12.9. The van der Waals surface area contributed by atoms with E-state index in [-0.39, 0.29) is 17.2 Å². The first-order valence-corrected chi connectivity index (χ1v) is 7.30. The van der Waals surface area contributed by atoms with Crippen LogP contribution in [0.2, 0.25) is 0 Å². The average Bonchev–Trinajstić information content (AvgIpc) is 2.88. The summed E-state index contributed by atoms with van der Waals surface area (Å²) in [5.41, 5.74) is 1.60. The zero-order valence-electron chi connectivity index (χ0n) is 12.4. The lowest BCUT2D eigenvalue weighted by Crippen LogP contribution is -2.28. The van der Waals surface area contributed by atoms with Crippen molar-refractivity contribution in [2.45, 2.75) is 6.92 Å². The van der Waals surface area contributed by atoms with Crippen LogP contribution in [0.4, 0.5) is 0 Å². The van der Waals surface area contributed by atoms with Gasteiger partial charge in [0.05, 0.1) is 12.5 Å². The molecule has 0 radical (unpaired) electrons. The van der Waals surface area contributed by atoms with Crippen molar-refractivity contribution >= 4 is 27.7 Å². The van der Waals surface area contributed by atoms with E-state index in [0.717, 1.165) is 10.8 Å². The molecule has 0 N–H and O–H groups in total. The fraction of sp³-hybridized carbons (Fsp3) is 0.0526. The normalized spacial score (nSPS) is 11.2. The second-order valence-electron chi connectivity index (χ2n) is 5.46. The second kappa shape index (κ2) is 4.95. The predicted octanol–water partition coefficient (Wildman–Crippen LogP) is 3.76. The molecule has 0 aliphatic heterocycles. The summed E-state index contributed by atoms with van der Waals surface area (Å²) >= 11 is 0. The van der Waals surface area contributed by atoms with Crippen LogP contribution in [0.25, 0.3) is 21.9 Å². The summed E-state index contributed by atoms with van der Waals surface area (Å²) in [7, 11) is 0. The van der Waals surface area contributed by atoms with Gasteiger partial charge in [0.2, 0.25) is 5.58 Å². The molecule has 0 saturated carbocycles. The summed E-state index contributed by atoms with van der Waals surface area (Å²) in [6, 6.07) is 18.5. The Hall–Kier alpha value is -3.14. The van der Waals surface area contributed by atoms with E-state index in [1.54, 1.807) is 31.2 Å². The van der Waals surface area contributed by atoms with E-state index in [9.17, 15) is 10.0 Å². The van der Waals surface area contributed by atoms with Crippen LogP contribution in [0.15, 0.2) is 65.1 Å². The number of carbonyl (C=O) groups is 1. The van der Waals surface area contributed by atoms with Gasteiger partial charge < -0.3 is 9.62 Å². The smallest absolute Gasteiger partial charge is 0.356 e. The highest BCUT2D eigenvalue weighted by Gasteiger charge is 2.23. The molecule has 1 aromatic heterocycles. The Morgan fingerprint density at radius 3 is 2.61 bits per heavy atom. The second-order valence-corrected chi connectivity index (χ2v) is 5.46. The van der Waals surface area contributed by atoms with Crippen molar-refractivity contribution in [3.63, 3.8) is 0 Å². The number of benzene rings is 3. The predicted molar refractivity (Wildman–Crippen MR) is 87.3 cm³/mol. The summed E-state index contributed by atoms with van der Waals surface area (Å²) in [5, 5.41) is 14.2. The SMILES string of the molecule is Cc1oc2cccc(C(=O)c3ccc4ccccc4c3)c2[n+]1[O-]. The summed E-state index contributed by atoms with van der Waals surface area (Å²) in [4.78, 5) is 12.9. The van der Waals surface area contributed by atoms with Crippen molar-refractivity contribution in [2.75, 3.05) is 0 Å². The fourth-order valence-electron chi connectivity index (χ4n) is 2.84. The summed E-state index contributed by atoms with van der Waals surface area (Å²) in [6.07, 6.45) is 0. The molecule has 112 valence electrons. The van der Waals surface area contributed by atoms with E-state index >= 15 is 0 Å². The van der Waals surface area contributed by atoms with Crippen molar-refractivity contribution in [3.05, 3.63) is 82.9 Å². The van der Waals surface area contributed by atoms with Gasteiger partial charge in [-0.25, -0.2) is 0 Å². The third-order valence-electron chi connectivity index (χ3n) is 4.00. The Balaban J connectivity index is 1.91. The molecule has 4 heteroatoms. The highest BCUT2D eigenvalue weighted by Crippen LogP contribution is 2.23. The largest absolute Gasteiger partial charge is 0.616 e. The number of aryl methyl sites for hydroxylation is 1. The van der Waals surface area contributed by atoms with Crippen molar-refractivity contribution in [3.8, 4) is 0 Å². The van der Waals surface area contributed by atoms with E-state index in [1.807, 2.05) is 36.4 Å². The number of rotatable bonds is 2. The minimum absolute atomic E-state index is 0.188. The number of carbonyl (C=O) groups excluding carboxylic acids is 1. The quantitative estimate of drug-likeness (QED) is 0.322. The summed E-state index contributed by atoms with van der Waals surface area (Å²) in [6.45, 7) is 1.58. The molecule has 4 aromatic rings. The summed E-state index contributed by atoms with van der Waals surface area (Å²) in [5.74, 6) is 0.0329. The molecule has 4 rings (SSSR count). The van der Waals surface area contributed by atoms with Gasteiger partial charge in [-0.3, -0.25) is 4.79 Å². The number of hydrogen-bond acceptors (Lipinski definition) is 3. The van der Waals surface area contributed by atoms with Crippen LogP contribution in [-0.2, 0) is 0 Å². The van der Waals surface area contributed by atoms with Crippen molar-refractivity contribution < 1.29 is 13.9 Å². The molecular weight excluding hydrogens is 290 g/mol. The van der Waals surface area contributed by atoms with Crippen LogP contribution in [0, 0.1) is 12.1 Å². The molecule has 3 aromatic carbocycles. The Morgan fingerprint density at radius 1 is 1.00 bits per heavy atom. The van der Waals surface area contributed by atoms with Gasteiger partial charge in [-0.05, 0) is 29.0 Å². The zero-order valence-corrected chi connectivity index (χ0v) is 12.4. The lowest BCUT2D eigenvalue weighted by Gasteiger charge is -2.04. The van der Waals surface area contributed by atoms with Gasteiger partial charge in [-0.2, -0.15) is 0 Å². The van der Waals surface area contributed by atoms with E-state index in [2.05, 4.69) is 0 Å². The number of aromatic nitrogens is 1. The van der Waals surface area contributed by atoms with Gasteiger partial charge in [0.1, 0.15) is 0 Å². The van der Waals surface area contributed by atoms with E-state index in [1.165, 1.54) is 0 Å². The number of ketones is 1. The first kappa shape index (κ1) is 13.5. The van der Waals surface area contributed by atoms with Crippen LogP contribution in [0.5, 0.6) is 0 Å². The molecule has 0 spiro atoms. The molecule has 0 aliphatic carbocycles. The van der Waals surface area contributed by atoms with Gasteiger partial charge in [-0.15, -0.1) is 4.73 Å². The molecular formula is C19H13NO3. The molecule has 4 nitrogen and oxygen atoms in total. The standard InChI is InChI=1S/C19H13NO3/c1-12-20(22)18-16(7-4-8-17(18)23-12)19(21)15-10-9-13-5-2-3-6-14(13)11-15/h2-11H,1H3. The highest BCUT2D eigenvalue weighted by atomic mass is 16.5. The Kier molecular flexibility index (Phi) is 2.91. The monoisotopic (exact) mass is 303 g/mol. The molecule has 23 heavy (non-hydrogen) atoms. The van der Waals surface area contributed by atoms with Gasteiger partial charge in [0.25, 0.3) is 5.52 Å². The van der Waals surface area contributed by atoms with Crippen LogP contribution in [0.3, 0.4) is 0 Å². The minimum atomic E-state index is -0.188. The van der Waals surface area contributed by atoms with Gasteiger partial charge in [0, 0.05) is 5.56 Å². The molecule has 0 bridgehead atoms. The molecule has 0 unspecified atom stereocenters. The van der Waals surface area contributed by atoms with E-state index in [0.29, 0.717) is 21.4 Å². The maximum Gasteiger partial charge on any atom is 0.356 e. The molecule has 1 heterocycles. The van der Waals surface area contributed by atoms with Crippen LogP contribution in [-0.4, -0.2) is 5.78 Å². The average molecular weight is 303 g/mol. The third-order valence-corrected chi connectivity index (χ3v) is 4.00. The Labute approximate surface area is 132 Å². The van der Waals surface area contributed by atoms with Crippen molar-refractivity contribution in [1.29, 1.82) is 0 Å². The van der Waals surface area contributed by atoms with Crippen LogP contribution >= 0.6 is 0 Å². The molecule has 0 fully saturated rings. The van der Waals surface area contributed by atoms with Gasteiger partial charge in [0.15, 0.2) is 5.78 Å². The molecule has 0 amide bonds. The first-order chi connectivity index (χ1) is 11.1. The van der Waals surface area contributed by atoms with Crippen molar-refractivity contribution in [1.82, 2.24) is 0 Å². The number of nitrogens with zero attached hydrogens (tertiary/aromatic N) is 1. The van der Waals surface area contributed by atoms with Crippen molar-refractivity contribution in [2.24, 2.45) is 0 Å². The van der Waals surface area contributed by atoms with Crippen LogP contribution in [0.1, 0.15) is 21.8 Å². The van der Waals surface area contributed by atoms with Gasteiger partial charge >= 0.3 is 5.89 Å². The number of para-hydroxylation sites is 1. The molecule has 0 atom stereocenters. The number of fused-ring (bicyclic) bond motifs is 2. The van der Waals surface area contributed by atoms with E-state index in [4.69, 9.17) is 4.42 Å². The minimum Gasteiger partial charge on any atom is -0.616 e. The molecule has 0 saturated heterocycles. The summed E-state index contributed by atoms with van der Waals surface area (Å²) < 4.78 is 6.06. The Bertz CT molecular complexity index is 1060. The first-order valence-electron chi connectivity index (χ1n) is 7.30. The number of oxazole rings is 1. The lowest BCUT2D eigenvalue weighted by atomic mass is 9.99. The number of hydrogen-bond donors (Lipinski definition) is 0. The highest BCUT2D eigenvalue weighted by molar-refractivity contribution is 6.15. The Morgan fingerprint density at radius 2 is 1.78 bits per heavy atom. The van der Waals surface area contributed by atoms with Crippen LogP contribution < -0.4 is 4.73 Å².